The lowest BCUT2D eigenvalue weighted by atomic mass is 10.0. The maximum absolute atomic E-state index is 12.8. The van der Waals surface area contributed by atoms with Crippen LogP contribution in [-0.4, -0.2) is 48.4 Å². The molecule has 8 nitrogen and oxygen atoms in total. The molecule has 3 aromatic rings. The van der Waals surface area contributed by atoms with Gasteiger partial charge in [-0.3, -0.25) is 9.36 Å². The van der Waals surface area contributed by atoms with Gasteiger partial charge in [0.25, 0.3) is 5.56 Å². The average molecular weight is 529 g/mol. The molecular weight excluding hydrogens is 504 g/mol. The van der Waals surface area contributed by atoms with E-state index in [1.807, 2.05) is 4.90 Å². The number of sulfone groups is 1. The van der Waals surface area contributed by atoms with Crippen LogP contribution in [0, 0.1) is 0 Å². The highest BCUT2D eigenvalue weighted by atomic mass is 35.5. The molecule has 1 amide bonds. The number of fused-ring (bicyclic) bond motifs is 2. The third kappa shape index (κ3) is 5.12. The Kier molecular flexibility index (Phi) is 6.53. The van der Waals surface area contributed by atoms with E-state index in [1.165, 1.54) is 22.8 Å². The quantitative estimate of drug-likeness (QED) is 0.485. The number of ether oxygens (including phenoxy) is 2. The second kappa shape index (κ2) is 9.63. The summed E-state index contributed by atoms with van der Waals surface area (Å²) in [5.74, 6) is 0.916. The number of hydrogen-bond donors (Lipinski definition) is 0. The number of piperidine rings is 1. The van der Waals surface area contributed by atoms with Crippen molar-refractivity contribution in [3.63, 3.8) is 0 Å². The molecule has 0 saturated carbocycles. The van der Waals surface area contributed by atoms with Crippen LogP contribution in [0.2, 0.25) is 5.02 Å². The van der Waals surface area contributed by atoms with E-state index in [0.29, 0.717) is 35.1 Å². The molecule has 2 aromatic carbocycles. The van der Waals surface area contributed by atoms with Crippen molar-refractivity contribution < 1.29 is 22.7 Å². The highest BCUT2D eigenvalue weighted by Crippen LogP contribution is 2.38. The monoisotopic (exact) mass is 528 g/mol. The van der Waals surface area contributed by atoms with Crippen LogP contribution in [0.1, 0.15) is 25.7 Å². The van der Waals surface area contributed by atoms with E-state index in [9.17, 15) is 18.0 Å². The largest absolute Gasteiger partial charge is 0.490 e. The highest BCUT2D eigenvalue weighted by molar-refractivity contribution is 7.90. The minimum atomic E-state index is -3.31. The number of pyridine rings is 1. The first kappa shape index (κ1) is 24.4. The molecule has 2 aliphatic heterocycles. The molecule has 2 atom stereocenters. The molecule has 2 aliphatic rings. The standard InChI is InChI=1S/C26H25ClN2O6S/c1-36(32,33)24-10-6-18(7-11-24)28-13-12-22(16-25(28)30)34-23-14-19-4-5-20(15-23)29(19)26(31)35-21-8-2-17(27)3-9-21/h2-3,6-13,16,19-20,23H,4-5,14-15H2,1H3/t19-,20-/m1/s1. The number of nitrogens with zero attached hydrogens (tertiary/aromatic N) is 2. The third-order valence-electron chi connectivity index (χ3n) is 6.66. The maximum atomic E-state index is 12.8. The van der Waals surface area contributed by atoms with Crippen LogP contribution in [-0.2, 0) is 9.84 Å². The van der Waals surface area contributed by atoms with Crippen LogP contribution in [0.4, 0.5) is 4.79 Å². The van der Waals surface area contributed by atoms with Crippen LogP contribution in [0.3, 0.4) is 0 Å². The summed E-state index contributed by atoms with van der Waals surface area (Å²) in [4.78, 5) is 27.6. The van der Waals surface area contributed by atoms with Crippen LogP contribution in [0.25, 0.3) is 5.69 Å². The van der Waals surface area contributed by atoms with Crippen molar-refractivity contribution in [2.45, 2.75) is 48.8 Å². The minimum absolute atomic E-state index is 0.0160. The molecule has 0 radical (unpaired) electrons. The van der Waals surface area contributed by atoms with Crippen molar-refractivity contribution in [2.75, 3.05) is 6.26 Å². The molecule has 5 rings (SSSR count). The lowest BCUT2D eigenvalue weighted by Gasteiger charge is -2.38. The number of carbonyl (C=O) groups is 1. The van der Waals surface area contributed by atoms with Gasteiger partial charge in [-0.25, -0.2) is 13.2 Å². The number of carbonyl (C=O) groups excluding carboxylic acids is 1. The number of amides is 1. The summed E-state index contributed by atoms with van der Waals surface area (Å²) in [6.45, 7) is 0. The predicted molar refractivity (Wildman–Crippen MR) is 135 cm³/mol. The Morgan fingerprint density at radius 3 is 2.17 bits per heavy atom. The number of halogens is 1. The van der Waals surface area contributed by atoms with Gasteiger partial charge in [-0.15, -0.1) is 0 Å². The van der Waals surface area contributed by atoms with Gasteiger partial charge in [0, 0.05) is 54.2 Å². The molecular formula is C26H25ClN2O6S. The van der Waals surface area contributed by atoms with Crippen LogP contribution >= 0.6 is 11.6 Å². The Labute approximate surface area is 213 Å². The van der Waals surface area contributed by atoms with Gasteiger partial charge in [-0.2, -0.15) is 0 Å². The van der Waals surface area contributed by atoms with Crippen molar-refractivity contribution >= 4 is 27.5 Å². The lowest BCUT2D eigenvalue weighted by molar-refractivity contribution is 0.0527. The van der Waals surface area contributed by atoms with E-state index in [1.54, 1.807) is 48.7 Å². The topological polar surface area (TPSA) is 94.9 Å². The fourth-order valence-corrected chi connectivity index (χ4v) is 5.73. The Bertz CT molecular complexity index is 1420. The van der Waals surface area contributed by atoms with E-state index >= 15 is 0 Å². The van der Waals surface area contributed by atoms with Crippen molar-refractivity contribution in [3.05, 3.63) is 82.2 Å². The van der Waals surface area contributed by atoms with Crippen LogP contribution in [0.15, 0.2) is 76.6 Å². The third-order valence-corrected chi connectivity index (χ3v) is 8.04. The van der Waals surface area contributed by atoms with E-state index in [4.69, 9.17) is 21.1 Å². The summed E-state index contributed by atoms with van der Waals surface area (Å²) in [5.41, 5.74) is 0.274. The number of hydrogen-bond acceptors (Lipinski definition) is 6. The molecule has 0 N–H and O–H groups in total. The number of benzene rings is 2. The first-order valence-corrected chi connectivity index (χ1v) is 13.9. The summed E-state index contributed by atoms with van der Waals surface area (Å²) in [6, 6.07) is 16.0. The van der Waals surface area contributed by atoms with E-state index in [2.05, 4.69) is 0 Å². The van der Waals surface area contributed by atoms with Gasteiger partial charge in [0.15, 0.2) is 9.84 Å². The summed E-state index contributed by atoms with van der Waals surface area (Å²) < 4.78 is 36.5. The van der Waals surface area contributed by atoms with Gasteiger partial charge in [-0.1, -0.05) is 11.6 Å². The first-order valence-electron chi connectivity index (χ1n) is 11.6. The molecule has 0 aliphatic carbocycles. The zero-order chi connectivity index (χ0) is 25.4. The van der Waals surface area contributed by atoms with Gasteiger partial charge < -0.3 is 14.4 Å². The Hall–Kier alpha value is -3.30. The van der Waals surface area contributed by atoms with Gasteiger partial charge in [-0.05, 0) is 67.4 Å². The minimum Gasteiger partial charge on any atom is -0.490 e. The summed E-state index contributed by atoms with van der Waals surface area (Å²) in [5, 5.41) is 0.574. The zero-order valence-corrected chi connectivity index (χ0v) is 21.1. The molecule has 0 spiro atoms. The molecule has 1 aromatic heterocycles. The molecule has 3 heterocycles. The van der Waals surface area contributed by atoms with Crippen molar-refractivity contribution in [1.82, 2.24) is 9.47 Å². The molecule has 36 heavy (non-hydrogen) atoms. The van der Waals surface area contributed by atoms with E-state index in [0.717, 1.165) is 19.1 Å². The van der Waals surface area contributed by atoms with Gasteiger partial charge in [0.1, 0.15) is 17.6 Å². The maximum Gasteiger partial charge on any atom is 0.415 e. The van der Waals surface area contributed by atoms with E-state index in [-0.39, 0.29) is 34.7 Å². The Morgan fingerprint density at radius 2 is 1.58 bits per heavy atom. The van der Waals surface area contributed by atoms with Crippen LogP contribution in [0.5, 0.6) is 11.5 Å². The van der Waals surface area contributed by atoms with Crippen molar-refractivity contribution in [1.29, 1.82) is 0 Å². The second-order valence-electron chi connectivity index (χ2n) is 9.16. The van der Waals surface area contributed by atoms with Gasteiger partial charge in [0.2, 0.25) is 0 Å². The Balaban J connectivity index is 1.23. The van der Waals surface area contributed by atoms with Crippen molar-refractivity contribution in [2.24, 2.45) is 0 Å². The fourth-order valence-electron chi connectivity index (χ4n) is 4.97. The lowest BCUT2D eigenvalue weighted by Crippen LogP contribution is -2.50. The molecule has 2 bridgehead atoms. The molecule has 188 valence electrons. The second-order valence-corrected chi connectivity index (χ2v) is 11.6. The average Bonchev–Trinajstić information content (AvgIpc) is 3.11. The first-order chi connectivity index (χ1) is 17.2. The molecule has 10 heteroatoms. The number of rotatable bonds is 5. The summed E-state index contributed by atoms with van der Waals surface area (Å²) in [6.07, 6.45) is 5.33. The SMILES string of the molecule is CS(=O)(=O)c1ccc(-n2ccc(OC3C[C@H]4CC[C@H](C3)N4C(=O)Oc3ccc(Cl)cc3)cc2=O)cc1. The summed E-state index contributed by atoms with van der Waals surface area (Å²) in [7, 11) is -3.31. The molecule has 2 fully saturated rings. The summed E-state index contributed by atoms with van der Waals surface area (Å²) >= 11 is 5.90. The fraction of sp³-hybridized carbons (Fsp3) is 0.308. The predicted octanol–water partition coefficient (Wildman–Crippen LogP) is 4.47. The smallest absolute Gasteiger partial charge is 0.415 e. The number of aromatic nitrogens is 1. The van der Waals surface area contributed by atoms with Crippen molar-refractivity contribution in [3.8, 4) is 17.2 Å². The van der Waals surface area contributed by atoms with Gasteiger partial charge in [0.05, 0.1) is 4.90 Å². The highest BCUT2D eigenvalue weighted by Gasteiger charge is 2.45. The van der Waals surface area contributed by atoms with E-state index < -0.39 is 9.84 Å². The normalized spacial score (nSPS) is 21.3. The van der Waals surface area contributed by atoms with Gasteiger partial charge >= 0.3 is 6.09 Å². The zero-order valence-electron chi connectivity index (χ0n) is 19.5. The van der Waals surface area contributed by atoms with Crippen LogP contribution < -0.4 is 15.0 Å². The molecule has 0 unspecified atom stereocenters. The molecule has 2 saturated heterocycles. The Morgan fingerprint density at radius 1 is 0.944 bits per heavy atom.